The van der Waals surface area contributed by atoms with E-state index in [0.29, 0.717) is 0 Å². The lowest BCUT2D eigenvalue weighted by atomic mass is 9.98. The zero-order valence-electron chi connectivity index (χ0n) is 21.0. The van der Waals surface area contributed by atoms with Crippen LogP contribution in [0.2, 0.25) is 0 Å². The molecular weight excluding hydrogens is 528 g/mol. The van der Waals surface area contributed by atoms with Gasteiger partial charge >= 0.3 is 13.4 Å². The highest BCUT2D eigenvalue weighted by molar-refractivity contribution is 8.14. The monoisotopic (exact) mass is 559 g/mol. The molecule has 3 rings (SSSR count). The van der Waals surface area contributed by atoms with E-state index < -0.39 is 55.7 Å². The van der Waals surface area contributed by atoms with E-state index >= 15 is 4.39 Å². The van der Waals surface area contributed by atoms with Gasteiger partial charge < -0.3 is 14.4 Å². The predicted octanol–water partition coefficient (Wildman–Crippen LogP) is 2.76. The van der Waals surface area contributed by atoms with Crippen LogP contribution in [-0.2, 0) is 18.6 Å². The SMILES string of the molecule is C[C@H](NP(=O)(OC[C@H]1O[C@@H](n2ccc(=O)[nH]c2=O)[C@](C)(F)[C@@H]1O)Oc1ccccc1)C(=O)SC(C)(C)C. The summed E-state index contributed by atoms with van der Waals surface area (Å²) in [5.41, 5.74) is -4.09. The second-order valence-electron chi connectivity index (χ2n) is 9.72. The normalized spacial score (nSPS) is 26.4. The van der Waals surface area contributed by atoms with E-state index in [1.165, 1.54) is 19.1 Å². The van der Waals surface area contributed by atoms with Gasteiger partial charge in [-0.15, -0.1) is 0 Å². The molecule has 0 spiro atoms. The molecule has 14 heteroatoms. The van der Waals surface area contributed by atoms with Crippen molar-refractivity contribution in [2.45, 2.75) is 69.5 Å². The van der Waals surface area contributed by atoms with E-state index in [0.717, 1.165) is 35.5 Å². The van der Waals surface area contributed by atoms with Crippen molar-refractivity contribution in [1.29, 1.82) is 0 Å². The number of hydrogen-bond acceptors (Lipinski definition) is 9. The van der Waals surface area contributed by atoms with Crippen LogP contribution in [0.15, 0.2) is 52.2 Å². The number of ether oxygens (including phenoxy) is 1. The zero-order valence-corrected chi connectivity index (χ0v) is 22.8. The number of alkyl halides is 1. The van der Waals surface area contributed by atoms with Crippen molar-refractivity contribution in [3.05, 3.63) is 63.4 Å². The van der Waals surface area contributed by atoms with Gasteiger partial charge in [-0.2, -0.15) is 0 Å². The van der Waals surface area contributed by atoms with Crippen molar-refractivity contribution in [2.24, 2.45) is 0 Å². The molecule has 37 heavy (non-hydrogen) atoms. The van der Waals surface area contributed by atoms with Gasteiger partial charge in [0.2, 0.25) is 5.12 Å². The Labute approximate surface area is 217 Å². The Morgan fingerprint density at radius 1 is 1.32 bits per heavy atom. The van der Waals surface area contributed by atoms with Crippen molar-refractivity contribution in [1.82, 2.24) is 14.6 Å². The topological polar surface area (TPSA) is 149 Å². The minimum atomic E-state index is -4.26. The fourth-order valence-electron chi connectivity index (χ4n) is 3.52. The molecule has 2 aromatic rings. The second kappa shape index (κ2) is 11.2. The Hall–Kier alpha value is -2.28. The lowest BCUT2D eigenvalue weighted by molar-refractivity contribution is -0.112. The number of hydrogen-bond donors (Lipinski definition) is 3. The highest BCUT2D eigenvalue weighted by Crippen LogP contribution is 2.47. The van der Waals surface area contributed by atoms with Crippen LogP contribution in [0.1, 0.15) is 40.8 Å². The van der Waals surface area contributed by atoms with Crippen LogP contribution in [0.5, 0.6) is 5.75 Å². The maximum atomic E-state index is 15.5. The Morgan fingerprint density at radius 2 is 1.97 bits per heavy atom. The van der Waals surface area contributed by atoms with Crippen LogP contribution in [0.25, 0.3) is 0 Å². The summed E-state index contributed by atoms with van der Waals surface area (Å²) in [6, 6.07) is 8.15. The lowest BCUT2D eigenvalue weighted by Crippen LogP contribution is -2.43. The van der Waals surface area contributed by atoms with Crippen molar-refractivity contribution >= 4 is 24.6 Å². The first kappa shape index (κ1) is 29.3. The molecule has 3 N–H and O–H groups in total. The molecule has 6 atom stereocenters. The van der Waals surface area contributed by atoms with Gasteiger partial charge in [-0.05, 0) is 26.0 Å². The molecular formula is C23H31FN3O8PS. The number of rotatable bonds is 9. The first-order valence-electron chi connectivity index (χ1n) is 11.4. The van der Waals surface area contributed by atoms with Crippen LogP contribution >= 0.6 is 19.5 Å². The van der Waals surface area contributed by atoms with Crippen molar-refractivity contribution in [3.8, 4) is 5.75 Å². The van der Waals surface area contributed by atoms with E-state index in [-0.39, 0.29) is 15.6 Å². The van der Waals surface area contributed by atoms with E-state index in [4.69, 9.17) is 13.8 Å². The molecule has 1 aliphatic rings. The summed E-state index contributed by atoms with van der Waals surface area (Å²) in [5, 5.41) is 12.9. The zero-order chi connectivity index (χ0) is 27.6. The van der Waals surface area contributed by atoms with Crippen LogP contribution in [-0.4, -0.2) is 55.0 Å². The Balaban J connectivity index is 1.80. The standard InChI is InChI=1S/C23H31FN3O8PS/c1-14(19(30)37-22(2,3)4)26-36(32,35-15-9-7-6-8-10-15)33-13-16-18(29)23(5,24)20(34-16)27-12-11-17(28)25-21(27)31/h6-12,14,16,18,20,29H,13H2,1-5H3,(H,26,32)(H,25,28,31)/t14-,16+,18+,20+,23+,36?/m0/s1. The van der Waals surface area contributed by atoms with Crippen molar-refractivity contribution in [3.63, 3.8) is 0 Å². The summed E-state index contributed by atoms with van der Waals surface area (Å²) < 4.78 is 46.3. The van der Waals surface area contributed by atoms with Crippen LogP contribution in [0, 0.1) is 0 Å². The number of aliphatic hydroxyl groups is 1. The first-order chi connectivity index (χ1) is 17.1. The van der Waals surface area contributed by atoms with E-state index in [2.05, 4.69) is 5.09 Å². The fraction of sp³-hybridized carbons (Fsp3) is 0.522. The molecule has 0 bridgehead atoms. The quantitative estimate of drug-likeness (QED) is 0.392. The summed E-state index contributed by atoms with van der Waals surface area (Å²) in [6.07, 6.45) is -3.73. The third-order valence-electron chi connectivity index (χ3n) is 5.31. The van der Waals surface area contributed by atoms with Gasteiger partial charge in [-0.1, -0.05) is 50.7 Å². The summed E-state index contributed by atoms with van der Waals surface area (Å²) >= 11 is 1.05. The molecule has 1 saturated heterocycles. The number of thioether (sulfide) groups is 1. The minimum Gasteiger partial charge on any atom is -0.413 e. The molecule has 2 heterocycles. The summed E-state index contributed by atoms with van der Waals surface area (Å²) in [5.74, 6) is 0.183. The van der Waals surface area contributed by atoms with E-state index in [1.807, 2.05) is 25.8 Å². The van der Waals surface area contributed by atoms with Gasteiger partial charge in [0.15, 0.2) is 11.9 Å². The molecule has 1 unspecified atom stereocenters. The number of carbonyl (C=O) groups is 1. The Bertz CT molecular complexity index is 1260. The third kappa shape index (κ3) is 7.40. The molecule has 0 radical (unpaired) electrons. The number of benzene rings is 1. The fourth-order valence-corrected chi connectivity index (χ4v) is 5.96. The van der Waals surface area contributed by atoms with Crippen LogP contribution in [0.3, 0.4) is 0 Å². The molecule has 11 nitrogen and oxygen atoms in total. The maximum absolute atomic E-state index is 15.5. The molecule has 204 valence electrons. The van der Waals surface area contributed by atoms with Gasteiger partial charge in [0.25, 0.3) is 5.56 Å². The molecule has 1 aliphatic heterocycles. The number of aliphatic hydroxyl groups excluding tert-OH is 1. The average Bonchev–Trinajstić information content (AvgIpc) is 3.00. The second-order valence-corrected chi connectivity index (χ2v) is 13.2. The molecule has 1 aromatic heterocycles. The molecule has 0 aliphatic carbocycles. The lowest BCUT2D eigenvalue weighted by Gasteiger charge is -2.26. The van der Waals surface area contributed by atoms with E-state index in [1.54, 1.807) is 18.2 Å². The average molecular weight is 560 g/mol. The van der Waals surface area contributed by atoms with Crippen LogP contribution in [0.4, 0.5) is 4.39 Å². The van der Waals surface area contributed by atoms with Gasteiger partial charge in [0, 0.05) is 17.0 Å². The number of aromatic nitrogens is 2. The number of para-hydroxylation sites is 1. The highest BCUT2D eigenvalue weighted by Gasteiger charge is 2.55. The smallest absolute Gasteiger partial charge is 0.413 e. The molecule has 1 aromatic carbocycles. The maximum Gasteiger partial charge on any atom is 0.459 e. The largest absolute Gasteiger partial charge is 0.459 e. The number of carbonyl (C=O) groups excluding carboxylic acids is 1. The third-order valence-corrected chi connectivity index (χ3v) is 8.12. The first-order valence-corrected chi connectivity index (χ1v) is 13.8. The predicted molar refractivity (Wildman–Crippen MR) is 136 cm³/mol. The Kier molecular flexibility index (Phi) is 8.88. The minimum absolute atomic E-state index is 0.183. The summed E-state index contributed by atoms with van der Waals surface area (Å²) in [4.78, 5) is 38.2. The van der Waals surface area contributed by atoms with E-state index in [9.17, 15) is 24.1 Å². The Morgan fingerprint density at radius 3 is 2.57 bits per heavy atom. The molecule has 0 amide bonds. The molecule has 0 saturated carbocycles. The number of nitrogens with one attached hydrogen (secondary N) is 2. The summed E-state index contributed by atoms with van der Waals surface area (Å²) in [7, 11) is -4.26. The number of halogens is 1. The van der Waals surface area contributed by atoms with Gasteiger partial charge in [-0.25, -0.2) is 18.8 Å². The van der Waals surface area contributed by atoms with Crippen molar-refractivity contribution in [2.75, 3.05) is 6.61 Å². The summed E-state index contributed by atoms with van der Waals surface area (Å²) in [6.45, 7) is 7.49. The molecule has 1 fully saturated rings. The van der Waals surface area contributed by atoms with Crippen LogP contribution < -0.4 is 20.9 Å². The van der Waals surface area contributed by atoms with Gasteiger partial charge in [-0.3, -0.25) is 23.7 Å². The van der Waals surface area contributed by atoms with Gasteiger partial charge in [0.05, 0.1) is 12.6 Å². The van der Waals surface area contributed by atoms with Gasteiger partial charge in [0.1, 0.15) is 18.0 Å². The highest BCUT2D eigenvalue weighted by atomic mass is 32.2. The number of aromatic amines is 1. The number of nitrogens with zero attached hydrogens (tertiary/aromatic N) is 1. The van der Waals surface area contributed by atoms with Crippen molar-refractivity contribution < 1.29 is 32.6 Å². The number of H-pyrrole nitrogens is 1.